The topological polar surface area (TPSA) is 56.3 Å². The van der Waals surface area contributed by atoms with E-state index < -0.39 is 5.79 Å². The zero-order valence-corrected chi connectivity index (χ0v) is 14.4. The van der Waals surface area contributed by atoms with E-state index in [1.54, 1.807) is 6.20 Å². The van der Waals surface area contributed by atoms with Crippen molar-refractivity contribution >= 4 is 33.3 Å². The Morgan fingerprint density at radius 3 is 2.90 bits per heavy atom. The summed E-state index contributed by atoms with van der Waals surface area (Å²) >= 11 is 9.34. The molecule has 3 atom stereocenters. The van der Waals surface area contributed by atoms with Crippen LogP contribution in [-0.2, 0) is 9.47 Å². The number of fused-ring (bicyclic) bond motifs is 1. The smallest absolute Gasteiger partial charge is 0.224 e. The fourth-order valence-corrected chi connectivity index (χ4v) is 3.52. The predicted octanol–water partition coefficient (Wildman–Crippen LogP) is 3.77. The molecule has 0 unspecified atom stereocenters. The number of nitrogens with zero attached hydrogens (tertiary/aromatic N) is 2. The summed E-state index contributed by atoms with van der Waals surface area (Å²) in [5, 5.41) is 3.68. The van der Waals surface area contributed by atoms with E-state index in [1.165, 1.54) is 0 Å². The van der Waals surface area contributed by atoms with Crippen LogP contribution in [0.5, 0.6) is 0 Å². The van der Waals surface area contributed by atoms with Crippen LogP contribution >= 0.6 is 27.5 Å². The highest BCUT2D eigenvalue weighted by Gasteiger charge is 2.45. The third-order valence-corrected chi connectivity index (χ3v) is 4.67. The molecule has 1 aromatic heterocycles. The van der Waals surface area contributed by atoms with E-state index in [1.807, 2.05) is 13.8 Å². The number of ether oxygens (including phenoxy) is 2. The van der Waals surface area contributed by atoms with Crippen LogP contribution in [0.3, 0.4) is 0 Å². The van der Waals surface area contributed by atoms with Crippen molar-refractivity contribution in [2.24, 2.45) is 0 Å². The van der Waals surface area contributed by atoms with Gasteiger partial charge in [-0.1, -0.05) is 12.8 Å². The molecule has 3 rings (SSSR count). The number of anilines is 1. The van der Waals surface area contributed by atoms with Crippen molar-refractivity contribution < 1.29 is 9.47 Å². The molecular weight excluding hydrogens is 358 g/mol. The van der Waals surface area contributed by atoms with Gasteiger partial charge in [0.2, 0.25) is 5.28 Å². The average Bonchev–Trinajstić information content (AvgIpc) is 2.61. The minimum Gasteiger partial charge on any atom is -0.364 e. The molecule has 1 saturated carbocycles. The molecule has 0 radical (unpaired) electrons. The van der Waals surface area contributed by atoms with Gasteiger partial charge in [0.1, 0.15) is 11.9 Å². The maximum Gasteiger partial charge on any atom is 0.224 e. The number of halogens is 2. The number of hydrogen-bond acceptors (Lipinski definition) is 5. The van der Waals surface area contributed by atoms with Gasteiger partial charge in [-0.2, -0.15) is 4.98 Å². The van der Waals surface area contributed by atoms with Crippen molar-refractivity contribution in [1.82, 2.24) is 9.97 Å². The second-order valence-corrected chi connectivity index (χ2v) is 7.20. The van der Waals surface area contributed by atoms with Crippen LogP contribution in [0.1, 0.15) is 39.5 Å². The Morgan fingerprint density at radius 2 is 2.10 bits per heavy atom. The average molecular weight is 377 g/mol. The van der Waals surface area contributed by atoms with Gasteiger partial charge in [-0.05, 0) is 54.2 Å². The monoisotopic (exact) mass is 375 g/mol. The Bertz CT molecular complexity index is 529. The summed E-state index contributed by atoms with van der Waals surface area (Å²) in [4.78, 5) is 8.20. The first-order valence-electron chi connectivity index (χ1n) is 7.25. The Balaban J connectivity index is 1.81. The number of hydrogen-bond donors (Lipinski definition) is 1. The largest absolute Gasteiger partial charge is 0.364 e. The van der Waals surface area contributed by atoms with Gasteiger partial charge in [-0.25, -0.2) is 4.98 Å². The summed E-state index contributed by atoms with van der Waals surface area (Å²) in [6, 6.07) is 0.154. The van der Waals surface area contributed by atoms with E-state index in [-0.39, 0.29) is 23.5 Å². The van der Waals surface area contributed by atoms with Gasteiger partial charge < -0.3 is 14.8 Å². The zero-order chi connectivity index (χ0) is 15.0. The maximum atomic E-state index is 6.11. The number of aromatic nitrogens is 2. The Kier molecular flexibility index (Phi) is 4.41. The first-order chi connectivity index (χ1) is 9.94. The third kappa shape index (κ3) is 3.50. The standard InChI is InChI=1S/C14H19BrClN3O2/c1-14(2)20-10-6-4-3-5-9(11(10)21-14)18-12-8(15)7-17-13(16)19-12/h7,9-11H,3-6H2,1-2H3,(H,17,18,19)/t9-,10+,11-/m0/s1. The maximum absolute atomic E-state index is 6.11. The molecule has 0 amide bonds. The van der Waals surface area contributed by atoms with Crippen molar-refractivity contribution in [3.05, 3.63) is 16.0 Å². The van der Waals surface area contributed by atoms with E-state index in [0.29, 0.717) is 5.82 Å². The highest BCUT2D eigenvalue weighted by atomic mass is 79.9. The molecule has 1 aliphatic heterocycles. The lowest BCUT2D eigenvalue weighted by atomic mass is 10.0. The minimum atomic E-state index is -0.521. The molecule has 2 heterocycles. The molecule has 0 spiro atoms. The van der Waals surface area contributed by atoms with Gasteiger partial charge in [0, 0.05) is 6.20 Å². The van der Waals surface area contributed by atoms with Gasteiger partial charge in [0.05, 0.1) is 16.6 Å². The molecule has 0 aromatic carbocycles. The third-order valence-electron chi connectivity index (χ3n) is 3.91. The summed E-state index contributed by atoms with van der Waals surface area (Å²) in [5.41, 5.74) is 0. The van der Waals surface area contributed by atoms with Crippen LogP contribution in [0.2, 0.25) is 5.28 Å². The van der Waals surface area contributed by atoms with Crippen molar-refractivity contribution in [3.8, 4) is 0 Å². The fraction of sp³-hybridized carbons (Fsp3) is 0.714. The van der Waals surface area contributed by atoms with Gasteiger partial charge in [0.15, 0.2) is 5.79 Å². The van der Waals surface area contributed by atoms with Crippen LogP contribution in [0, 0.1) is 0 Å². The van der Waals surface area contributed by atoms with E-state index >= 15 is 0 Å². The molecule has 1 N–H and O–H groups in total. The van der Waals surface area contributed by atoms with Gasteiger partial charge in [0.25, 0.3) is 0 Å². The lowest BCUT2D eigenvalue weighted by molar-refractivity contribution is -0.148. The van der Waals surface area contributed by atoms with Crippen molar-refractivity contribution in [2.75, 3.05) is 5.32 Å². The Morgan fingerprint density at radius 1 is 1.33 bits per heavy atom. The normalized spacial score (nSPS) is 31.5. The van der Waals surface area contributed by atoms with E-state index in [0.717, 1.165) is 30.2 Å². The van der Waals surface area contributed by atoms with Gasteiger partial charge in [-0.3, -0.25) is 0 Å². The van der Waals surface area contributed by atoms with Gasteiger partial charge in [-0.15, -0.1) is 0 Å². The van der Waals surface area contributed by atoms with E-state index in [4.69, 9.17) is 21.1 Å². The van der Waals surface area contributed by atoms with E-state index in [2.05, 4.69) is 31.2 Å². The van der Waals surface area contributed by atoms with Crippen molar-refractivity contribution in [2.45, 2.75) is 63.6 Å². The molecule has 7 heteroatoms. The van der Waals surface area contributed by atoms with Crippen molar-refractivity contribution in [3.63, 3.8) is 0 Å². The fourth-order valence-electron chi connectivity index (χ4n) is 3.08. The van der Waals surface area contributed by atoms with E-state index in [9.17, 15) is 0 Å². The molecule has 1 aliphatic carbocycles. The van der Waals surface area contributed by atoms with Gasteiger partial charge >= 0.3 is 0 Å². The predicted molar refractivity (Wildman–Crippen MR) is 84.4 cm³/mol. The van der Waals surface area contributed by atoms with Crippen LogP contribution in [0.15, 0.2) is 10.7 Å². The van der Waals surface area contributed by atoms with Crippen molar-refractivity contribution in [1.29, 1.82) is 0 Å². The van der Waals surface area contributed by atoms with Crippen LogP contribution < -0.4 is 5.32 Å². The highest BCUT2D eigenvalue weighted by Crippen LogP contribution is 2.37. The summed E-state index contributed by atoms with van der Waals surface area (Å²) in [5.74, 6) is 0.182. The first-order valence-corrected chi connectivity index (χ1v) is 8.42. The molecule has 1 aromatic rings. The Hall–Kier alpha value is -0.430. The molecule has 2 aliphatic rings. The highest BCUT2D eigenvalue weighted by molar-refractivity contribution is 9.10. The molecule has 2 fully saturated rings. The molecule has 1 saturated heterocycles. The lowest BCUT2D eigenvalue weighted by Gasteiger charge is -2.26. The number of rotatable bonds is 2. The summed E-state index contributed by atoms with van der Waals surface area (Å²) in [7, 11) is 0. The van der Waals surface area contributed by atoms with Crippen LogP contribution in [0.25, 0.3) is 0 Å². The SMILES string of the molecule is CC1(C)O[C@H]2[C@@H](Nc3nc(Cl)ncc3Br)CCCC[C@H]2O1. The first kappa shape index (κ1) is 15.5. The number of nitrogens with one attached hydrogen (secondary N) is 1. The lowest BCUT2D eigenvalue weighted by Crippen LogP contribution is -2.39. The quantitative estimate of drug-likeness (QED) is 0.796. The molecule has 5 nitrogen and oxygen atoms in total. The molecule has 0 bridgehead atoms. The van der Waals surface area contributed by atoms with Crippen LogP contribution in [-0.4, -0.2) is 34.0 Å². The Labute approximate surface area is 137 Å². The second kappa shape index (κ2) is 5.99. The molecule has 116 valence electrons. The summed E-state index contributed by atoms with van der Waals surface area (Å²) < 4.78 is 12.9. The second-order valence-electron chi connectivity index (χ2n) is 6.01. The molecular formula is C14H19BrClN3O2. The summed E-state index contributed by atoms with van der Waals surface area (Å²) in [6.45, 7) is 3.94. The minimum absolute atomic E-state index is 0.0307. The van der Waals surface area contributed by atoms with Crippen LogP contribution in [0.4, 0.5) is 5.82 Å². The summed E-state index contributed by atoms with van der Waals surface area (Å²) in [6.07, 6.45) is 6.19. The molecule has 21 heavy (non-hydrogen) atoms. The zero-order valence-electron chi connectivity index (χ0n) is 12.1.